The summed E-state index contributed by atoms with van der Waals surface area (Å²) >= 11 is 0. The maximum atomic E-state index is 5.92. The van der Waals surface area contributed by atoms with Crippen molar-refractivity contribution in [1.29, 1.82) is 0 Å². The highest BCUT2D eigenvalue weighted by molar-refractivity contribution is 5.56. The second-order valence-corrected chi connectivity index (χ2v) is 3.89. The van der Waals surface area contributed by atoms with Crippen LogP contribution in [0, 0.1) is 0 Å². The first kappa shape index (κ1) is 7.66. The standard InChI is InChI=1S/C11H15N/c1-7-6-8(2)11-9(7)4-3-5-10(11)12/h3-5,7-8H,6,12H2,1-2H3. The highest BCUT2D eigenvalue weighted by Gasteiger charge is 2.26. The van der Waals surface area contributed by atoms with Crippen LogP contribution in [0.4, 0.5) is 5.69 Å². The lowest BCUT2D eigenvalue weighted by Gasteiger charge is -2.07. The van der Waals surface area contributed by atoms with Gasteiger partial charge in [-0.25, -0.2) is 0 Å². The van der Waals surface area contributed by atoms with Gasteiger partial charge in [0.15, 0.2) is 0 Å². The zero-order chi connectivity index (χ0) is 8.72. The van der Waals surface area contributed by atoms with Crippen LogP contribution in [-0.4, -0.2) is 0 Å². The Hall–Kier alpha value is -0.980. The Labute approximate surface area is 73.6 Å². The van der Waals surface area contributed by atoms with Gasteiger partial charge in [-0.15, -0.1) is 0 Å². The molecule has 1 heteroatoms. The summed E-state index contributed by atoms with van der Waals surface area (Å²) in [5, 5.41) is 0. The van der Waals surface area contributed by atoms with Gasteiger partial charge in [-0.05, 0) is 35.4 Å². The van der Waals surface area contributed by atoms with E-state index < -0.39 is 0 Å². The first-order chi connectivity index (χ1) is 5.70. The number of hydrogen-bond acceptors (Lipinski definition) is 1. The third-order valence-electron chi connectivity index (χ3n) is 2.90. The van der Waals surface area contributed by atoms with Crippen molar-refractivity contribution in [2.45, 2.75) is 32.1 Å². The van der Waals surface area contributed by atoms with E-state index in [1.165, 1.54) is 17.5 Å². The lowest BCUT2D eigenvalue weighted by Crippen LogP contribution is -1.95. The Morgan fingerprint density at radius 3 is 2.67 bits per heavy atom. The minimum Gasteiger partial charge on any atom is -0.398 e. The van der Waals surface area contributed by atoms with Crippen molar-refractivity contribution < 1.29 is 0 Å². The van der Waals surface area contributed by atoms with Gasteiger partial charge in [-0.1, -0.05) is 26.0 Å². The van der Waals surface area contributed by atoms with Crippen LogP contribution in [0.2, 0.25) is 0 Å². The predicted octanol–water partition coefficient (Wildman–Crippen LogP) is 2.88. The summed E-state index contributed by atoms with van der Waals surface area (Å²) in [6.45, 7) is 4.54. The van der Waals surface area contributed by atoms with E-state index in [-0.39, 0.29) is 0 Å². The molecule has 1 aliphatic rings. The molecule has 0 heterocycles. The van der Waals surface area contributed by atoms with Gasteiger partial charge in [0.1, 0.15) is 0 Å². The highest BCUT2D eigenvalue weighted by atomic mass is 14.6. The summed E-state index contributed by atoms with van der Waals surface area (Å²) in [5.41, 5.74) is 9.75. The second kappa shape index (κ2) is 2.51. The number of anilines is 1. The number of hydrogen-bond donors (Lipinski definition) is 1. The first-order valence-electron chi connectivity index (χ1n) is 4.58. The Bertz CT molecular complexity index is 304. The number of nitrogens with two attached hydrogens (primary N) is 1. The molecule has 0 aliphatic heterocycles. The zero-order valence-electron chi connectivity index (χ0n) is 7.67. The van der Waals surface area contributed by atoms with Crippen molar-refractivity contribution in [3.63, 3.8) is 0 Å². The predicted molar refractivity (Wildman–Crippen MR) is 52.3 cm³/mol. The average Bonchev–Trinajstić information content (AvgIpc) is 2.29. The molecule has 0 spiro atoms. The summed E-state index contributed by atoms with van der Waals surface area (Å²) in [5.74, 6) is 1.34. The van der Waals surface area contributed by atoms with Gasteiger partial charge in [-0.2, -0.15) is 0 Å². The highest BCUT2D eigenvalue weighted by Crippen LogP contribution is 2.43. The molecule has 0 saturated carbocycles. The lowest BCUT2D eigenvalue weighted by molar-refractivity contribution is 0.662. The molecule has 1 nitrogen and oxygen atoms in total. The summed E-state index contributed by atoms with van der Waals surface area (Å²) in [6, 6.07) is 6.27. The maximum absolute atomic E-state index is 5.92. The molecule has 0 bridgehead atoms. The van der Waals surface area contributed by atoms with Crippen LogP contribution in [0.5, 0.6) is 0 Å². The fourth-order valence-corrected chi connectivity index (χ4v) is 2.38. The lowest BCUT2D eigenvalue weighted by atomic mass is 10.0. The van der Waals surface area contributed by atoms with E-state index in [9.17, 15) is 0 Å². The van der Waals surface area contributed by atoms with Crippen LogP contribution in [-0.2, 0) is 0 Å². The largest absolute Gasteiger partial charge is 0.398 e. The molecule has 0 amide bonds. The second-order valence-electron chi connectivity index (χ2n) is 3.89. The van der Waals surface area contributed by atoms with Gasteiger partial charge < -0.3 is 5.73 Å². The molecule has 1 aromatic rings. The molecule has 2 unspecified atom stereocenters. The third-order valence-corrected chi connectivity index (χ3v) is 2.90. The van der Waals surface area contributed by atoms with E-state index in [1.54, 1.807) is 0 Å². The normalized spacial score (nSPS) is 27.2. The van der Waals surface area contributed by atoms with Gasteiger partial charge in [0.2, 0.25) is 0 Å². The molecule has 2 N–H and O–H groups in total. The Morgan fingerprint density at radius 1 is 1.25 bits per heavy atom. The Balaban J connectivity index is 2.59. The summed E-state index contributed by atoms with van der Waals surface area (Å²) in [4.78, 5) is 0. The fraction of sp³-hybridized carbons (Fsp3) is 0.455. The third kappa shape index (κ3) is 0.927. The molecule has 0 radical (unpaired) electrons. The van der Waals surface area contributed by atoms with E-state index in [1.807, 2.05) is 6.07 Å². The Morgan fingerprint density at radius 2 is 2.00 bits per heavy atom. The van der Waals surface area contributed by atoms with Crippen molar-refractivity contribution in [3.05, 3.63) is 29.3 Å². The number of benzene rings is 1. The van der Waals surface area contributed by atoms with Crippen molar-refractivity contribution >= 4 is 5.69 Å². The van der Waals surface area contributed by atoms with E-state index in [0.29, 0.717) is 11.8 Å². The molecular formula is C11H15N. The summed E-state index contributed by atoms with van der Waals surface area (Å²) in [6.07, 6.45) is 1.25. The van der Waals surface area contributed by atoms with Crippen LogP contribution in [0.1, 0.15) is 43.2 Å². The van der Waals surface area contributed by atoms with E-state index in [2.05, 4.69) is 26.0 Å². The van der Waals surface area contributed by atoms with Gasteiger partial charge in [0, 0.05) is 5.69 Å². The van der Waals surface area contributed by atoms with E-state index in [4.69, 9.17) is 5.73 Å². The fourth-order valence-electron chi connectivity index (χ4n) is 2.38. The SMILES string of the molecule is CC1CC(C)c2c(N)cccc21. The molecule has 2 rings (SSSR count). The number of fused-ring (bicyclic) bond motifs is 1. The van der Waals surface area contributed by atoms with Gasteiger partial charge in [0.05, 0.1) is 0 Å². The first-order valence-corrected chi connectivity index (χ1v) is 4.58. The van der Waals surface area contributed by atoms with Crippen molar-refractivity contribution in [2.75, 3.05) is 5.73 Å². The zero-order valence-corrected chi connectivity index (χ0v) is 7.67. The van der Waals surface area contributed by atoms with Crippen molar-refractivity contribution in [3.8, 4) is 0 Å². The molecule has 0 saturated heterocycles. The smallest absolute Gasteiger partial charge is 0.0352 e. The Kier molecular flexibility index (Phi) is 1.60. The van der Waals surface area contributed by atoms with Gasteiger partial charge >= 0.3 is 0 Å². The quantitative estimate of drug-likeness (QED) is 0.582. The maximum Gasteiger partial charge on any atom is 0.0352 e. The summed E-state index contributed by atoms with van der Waals surface area (Å²) < 4.78 is 0. The van der Waals surface area contributed by atoms with Crippen LogP contribution < -0.4 is 5.73 Å². The van der Waals surface area contributed by atoms with Gasteiger partial charge in [0.25, 0.3) is 0 Å². The molecule has 1 aliphatic carbocycles. The molecular weight excluding hydrogens is 146 g/mol. The monoisotopic (exact) mass is 161 g/mol. The van der Waals surface area contributed by atoms with Crippen molar-refractivity contribution in [2.24, 2.45) is 0 Å². The number of nitrogen functional groups attached to an aromatic ring is 1. The molecule has 1 aromatic carbocycles. The molecule has 12 heavy (non-hydrogen) atoms. The molecule has 0 fully saturated rings. The van der Waals surface area contributed by atoms with Gasteiger partial charge in [-0.3, -0.25) is 0 Å². The molecule has 0 aromatic heterocycles. The summed E-state index contributed by atoms with van der Waals surface area (Å²) in [7, 11) is 0. The van der Waals surface area contributed by atoms with E-state index in [0.717, 1.165) is 5.69 Å². The molecule has 64 valence electrons. The van der Waals surface area contributed by atoms with Crippen LogP contribution >= 0.6 is 0 Å². The van der Waals surface area contributed by atoms with E-state index >= 15 is 0 Å². The van der Waals surface area contributed by atoms with Crippen LogP contribution in [0.3, 0.4) is 0 Å². The van der Waals surface area contributed by atoms with Crippen LogP contribution in [0.25, 0.3) is 0 Å². The van der Waals surface area contributed by atoms with Crippen molar-refractivity contribution in [1.82, 2.24) is 0 Å². The molecule has 2 atom stereocenters. The van der Waals surface area contributed by atoms with Crippen LogP contribution in [0.15, 0.2) is 18.2 Å². The number of rotatable bonds is 0. The average molecular weight is 161 g/mol. The minimum atomic E-state index is 0.649. The topological polar surface area (TPSA) is 26.0 Å². The minimum absolute atomic E-state index is 0.649.